The van der Waals surface area contributed by atoms with Gasteiger partial charge in [-0.3, -0.25) is 14.2 Å². The molecule has 0 saturated heterocycles. The number of aliphatic hydroxyl groups is 2. The summed E-state index contributed by atoms with van der Waals surface area (Å²) < 4.78 is 33.6. The molecular weight excluding hydrogens is 781 g/mol. The van der Waals surface area contributed by atoms with Crippen LogP contribution in [-0.4, -0.2) is 92.5 Å². The molecule has 342 valence electrons. The van der Waals surface area contributed by atoms with E-state index in [1.54, 1.807) is 36.5 Å². The van der Waals surface area contributed by atoms with E-state index in [1.807, 2.05) is 27.2 Å². The van der Waals surface area contributed by atoms with E-state index >= 15 is 0 Å². The molecular formula is C48H80NO10P. The highest BCUT2D eigenvalue weighted by Crippen LogP contribution is 2.38. The van der Waals surface area contributed by atoms with Gasteiger partial charge in [0.05, 0.1) is 40.0 Å². The normalized spacial score (nSPS) is 15.5. The van der Waals surface area contributed by atoms with Crippen LogP contribution in [0.3, 0.4) is 0 Å². The largest absolute Gasteiger partial charge is 0.756 e. The van der Waals surface area contributed by atoms with Gasteiger partial charge in [-0.05, 0) is 77.0 Å². The van der Waals surface area contributed by atoms with E-state index in [9.17, 15) is 29.3 Å². The maximum Gasteiger partial charge on any atom is 0.306 e. The second-order valence-corrected chi connectivity index (χ2v) is 17.1. The van der Waals surface area contributed by atoms with Crippen molar-refractivity contribution in [1.29, 1.82) is 0 Å². The Balaban J connectivity index is 4.68. The van der Waals surface area contributed by atoms with Crippen molar-refractivity contribution in [3.05, 3.63) is 97.2 Å². The number of likely N-dealkylation sites (N-methyl/N-ethyl adjacent to an activating group) is 1. The number of ether oxygens (including phenoxy) is 2. The quantitative estimate of drug-likeness (QED) is 0.0153. The molecule has 4 atom stereocenters. The fourth-order valence-electron chi connectivity index (χ4n) is 5.25. The van der Waals surface area contributed by atoms with E-state index in [4.69, 9.17) is 18.5 Å². The number of carbonyl (C=O) groups excluding carboxylic acids is 2. The molecule has 0 radical (unpaired) electrons. The van der Waals surface area contributed by atoms with Crippen molar-refractivity contribution in [3.63, 3.8) is 0 Å². The molecule has 11 nitrogen and oxygen atoms in total. The standard InChI is InChI=1S/C48H80NO10P/c1-6-8-10-12-14-15-16-17-18-19-20-21-22-23-24-26-32-38-47(52)56-42-46(43-58-60(54,55)57-41-40-49(3,4)5)59-48(53)39-33-37-45(51)36-31-28-27-30-35-44(50)34-29-25-13-11-9-7-2/h8,10,14-15,17-18,20-21,25,27-31,35-36,44-46,50-51H,6-7,9,11-13,16,19,22-24,26,32-34,37-43H2,1-5H3/b10-8-,15-14-,18-17-,21-20-,28-27+,29-25-,35-30+,36-31-/t44-,45-,46+/m0/s1. The topological polar surface area (TPSA) is 152 Å². The van der Waals surface area contributed by atoms with Gasteiger partial charge >= 0.3 is 11.9 Å². The van der Waals surface area contributed by atoms with Crippen molar-refractivity contribution >= 4 is 19.8 Å². The zero-order valence-electron chi connectivity index (χ0n) is 37.6. The highest BCUT2D eigenvalue weighted by Gasteiger charge is 2.22. The Morgan fingerprint density at radius 2 is 1.22 bits per heavy atom. The van der Waals surface area contributed by atoms with Crippen molar-refractivity contribution in [1.82, 2.24) is 0 Å². The SMILES string of the molecule is CC/C=C\C/C=C\C/C=C\C/C=C\CCCCCCC(=O)OC[C@H](COP(=O)([O-])OCC[N+](C)(C)C)OC(=O)CCC[C@@H](O)\C=C/C=C/C=C/[C@@H](O)C/C=C\CCCCC. The number of quaternary nitrogens is 1. The minimum absolute atomic E-state index is 0.0468. The molecule has 0 heterocycles. The Morgan fingerprint density at radius 1 is 0.650 bits per heavy atom. The number of unbranched alkanes of at least 4 members (excludes halogenated alkanes) is 7. The zero-order valence-corrected chi connectivity index (χ0v) is 38.5. The van der Waals surface area contributed by atoms with E-state index < -0.39 is 44.7 Å². The van der Waals surface area contributed by atoms with Gasteiger partial charge in [0, 0.05) is 12.8 Å². The molecule has 12 heteroatoms. The fourth-order valence-corrected chi connectivity index (χ4v) is 5.98. The summed E-state index contributed by atoms with van der Waals surface area (Å²) in [5.41, 5.74) is 0. The number of nitrogens with zero attached hydrogens (tertiary/aromatic N) is 1. The lowest BCUT2D eigenvalue weighted by Gasteiger charge is -2.28. The van der Waals surface area contributed by atoms with Gasteiger partial charge in [0.25, 0.3) is 7.82 Å². The van der Waals surface area contributed by atoms with E-state index in [-0.39, 0.29) is 32.5 Å². The summed E-state index contributed by atoms with van der Waals surface area (Å²) in [6.07, 6.45) is 43.5. The van der Waals surface area contributed by atoms with Gasteiger partial charge < -0.3 is 38.1 Å². The van der Waals surface area contributed by atoms with E-state index in [0.29, 0.717) is 30.3 Å². The maximum atomic E-state index is 12.7. The number of hydrogen-bond acceptors (Lipinski definition) is 10. The molecule has 0 rings (SSSR count). The third kappa shape index (κ3) is 41.6. The first-order valence-corrected chi connectivity index (χ1v) is 23.6. The number of hydrogen-bond donors (Lipinski definition) is 2. The van der Waals surface area contributed by atoms with Crippen LogP contribution >= 0.6 is 7.82 Å². The second kappa shape index (κ2) is 38.7. The lowest BCUT2D eigenvalue weighted by Crippen LogP contribution is -2.37. The summed E-state index contributed by atoms with van der Waals surface area (Å²) in [6.45, 7) is 3.70. The summed E-state index contributed by atoms with van der Waals surface area (Å²) in [4.78, 5) is 37.6. The summed E-state index contributed by atoms with van der Waals surface area (Å²) in [5.74, 6) is -1.12. The predicted octanol–water partition coefficient (Wildman–Crippen LogP) is 9.88. The minimum Gasteiger partial charge on any atom is -0.756 e. The Bertz CT molecular complexity index is 1380. The molecule has 0 aliphatic carbocycles. The summed E-state index contributed by atoms with van der Waals surface area (Å²) in [6, 6.07) is 0. The van der Waals surface area contributed by atoms with E-state index in [0.717, 1.165) is 64.2 Å². The molecule has 0 spiro atoms. The highest BCUT2D eigenvalue weighted by atomic mass is 31.2. The Hall–Kier alpha value is -3.15. The van der Waals surface area contributed by atoms with Crippen LogP contribution in [0.15, 0.2) is 97.2 Å². The predicted molar refractivity (Wildman–Crippen MR) is 243 cm³/mol. The lowest BCUT2D eigenvalue weighted by atomic mass is 10.1. The molecule has 60 heavy (non-hydrogen) atoms. The van der Waals surface area contributed by atoms with E-state index in [1.165, 1.54) is 12.8 Å². The number of aliphatic hydroxyl groups excluding tert-OH is 2. The summed E-state index contributed by atoms with van der Waals surface area (Å²) in [5, 5.41) is 20.4. The van der Waals surface area contributed by atoms with Gasteiger partial charge in [-0.25, -0.2) is 0 Å². The molecule has 0 aromatic heterocycles. The van der Waals surface area contributed by atoms with Crippen LogP contribution in [0.5, 0.6) is 0 Å². The van der Waals surface area contributed by atoms with Crippen LogP contribution in [0.25, 0.3) is 0 Å². The maximum absolute atomic E-state index is 12.7. The first-order valence-electron chi connectivity index (χ1n) is 22.2. The zero-order chi connectivity index (χ0) is 44.6. The number of phosphoric acid groups is 1. The lowest BCUT2D eigenvalue weighted by molar-refractivity contribution is -0.870. The molecule has 0 aromatic carbocycles. The van der Waals surface area contributed by atoms with Crippen molar-refractivity contribution < 1.29 is 52.3 Å². The molecule has 0 aromatic rings. The molecule has 0 bridgehead atoms. The number of esters is 2. The van der Waals surface area contributed by atoms with Gasteiger partial charge in [0.15, 0.2) is 6.10 Å². The van der Waals surface area contributed by atoms with Crippen molar-refractivity contribution in [2.75, 3.05) is 47.5 Å². The van der Waals surface area contributed by atoms with Gasteiger partial charge in [0.2, 0.25) is 0 Å². The number of phosphoric ester groups is 1. The first-order chi connectivity index (χ1) is 28.8. The monoisotopic (exact) mass is 862 g/mol. The van der Waals surface area contributed by atoms with Gasteiger partial charge in [0.1, 0.15) is 19.8 Å². The van der Waals surface area contributed by atoms with E-state index in [2.05, 4.69) is 68.5 Å². The van der Waals surface area contributed by atoms with Gasteiger partial charge in [-0.15, -0.1) is 0 Å². The Morgan fingerprint density at radius 3 is 1.85 bits per heavy atom. The fraction of sp³-hybridized carbons (Fsp3) is 0.625. The van der Waals surface area contributed by atoms with Gasteiger partial charge in [-0.1, -0.05) is 137 Å². The van der Waals surface area contributed by atoms with Crippen LogP contribution in [0.4, 0.5) is 0 Å². The molecule has 1 unspecified atom stereocenters. The minimum atomic E-state index is -4.71. The average Bonchev–Trinajstić information content (AvgIpc) is 3.19. The average molecular weight is 862 g/mol. The van der Waals surface area contributed by atoms with Gasteiger partial charge in [-0.2, -0.15) is 0 Å². The Kier molecular flexibility index (Phi) is 36.7. The third-order valence-corrected chi connectivity index (χ3v) is 9.74. The number of allylic oxidation sites excluding steroid dienone is 13. The number of carbonyl (C=O) groups is 2. The summed E-state index contributed by atoms with van der Waals surface area (Å²) in [7, 11) is 0.976. The van der Waals surface area contributed by atoms with Crippen molar-refractivity contribution in [3.8, 4) is 0 Å². The molecule has 0 aliphatic rings. The smallest absolute Gasteiger partial charge is 0.306 e. The van der Waals surface area contributed by atoms with Crippen molar-refractivity contribution in [2.24, 2.45) is 0 Å². The highest BCUT2D eigenvalue weighted by molar-refractivity contribution is 7.45. The Labute approximate surface area is 363 Å². The van der Waals surface area contributed by atoms with Crippen molar-refractivity contribution in [2.45, 2.75) is 148 Å². The van der Waals surface area contributed by atoms with Crippen LogP contribution in [0.2, 0.25) is 0 Å². The first kappa shape index (κ1) is 56.9. The summed E-state index contributed by atoms with van der Waals surface area (Å²) >= 11 is 0. The third-order valence-electron chi connectivity index (χ3n) is 8.78. The molecule has 2 N–H and O–H groups in total. The van der Waals surface area contributed by atoms with Crippen LogP contribution in [0, 0.1) is 0 Å². The molecule has 0 fully saturated rings. The molecule has 0 amide bonds. The van der Waals surface area contributed by atoms with Crippen LogP contribution in [-0.2, 0) is 32.7 Å². The second-order valence-electron chi connectivity index (χ2n) is 15.7. The number of rotatable bonds is 38. The molecule has 0 saturated carbocycles. The molecule has 0 aliphatic heterocycles. The van der Waals surface area contributed by atoms with Crippen LogP contribution in [0.1, 0.15) is 129 Å². The van der Waals surface area contributed by atoms with Crippen LogP contribution < -0.4 is 4.89 Å².